The van der Waals surface area contributed by atoms with Gasteiger partial charge in [0.2, 0.25) is 0 Å². The van der Waals surface area contributed by atoms with Crippen molar-refractivity contribution in [1.82, 2.24) is 14.7 Å². The molecule has 4 rings (SSSR count). The van der Waals surface area contributed by atoms with E-state index in [0.29, 0.717) is 24.5 Å². The van der Waals surface area contributed by atoms with E-state index in [9.17, 15) is 18.0 Å². The van der Waals surface area contributed by atoms with Crippen LogP contribution in [-0.2, 0) is 17.3 Å². The summed E-state index contributed by atoms with van der Waals surface area (Å²) in [7, 11) is 0. The van der Waals surface area contributed by atoms with Crippen LogP contribution >= 0.6 is 0 Å². The Bertz CT molecular complexity index is 1100. The van der Waals surface area contributed by atoms with Crippen LogP contribution in [0.4, 0.5) is 13.2 Å². The van der Waals surface area contributed by atoms with Crippen LogP contribution in [0.2, 0.25) is 0 Å². The normalized spacial score (nSPS) is 15.4. The molecule has 0 unspecified atom stereocenters. The summed E-state index contributed by atoms with van der Waals surface area (Å²) in [6, 6.07) is 10.4. The molecule has 1 fully saturated rings. The van der Waals surface area contributed by atoms with Crippen molar-refractivity contribution >= 4 is 11.6 Å². The van der Waals surface area contributed by atoms with Crippen LogP contribution in [0.3, 0.4) is 0 Å². The van der Waals surface area contributed by atoms with E-state index < -0.39 is 11.9 Å². The third-order valence-corrected chi connectivity index (χ3v) is 5.58. The first-order chi connectivity index (χ1) is 14.7. The smallest absolute Gasteiger partial charge is 0.381 e. The minimum absolute atomic E-state index is 0.000335. The van der Waals surface area contributed by atoms with Crippen molar-refractivity contribution in [2.24, 2.45) is 0 Å². The molecule has 0 radical (unpaired) electrons. The largest absolute Gasteiger partial charge is 0.435 e. The molecule has 1 aliphatic heterocycles. The number of hydrogen-bond acceptors (Lipinski definition) is 3. The van der Waals surface area contributed by atoms with Crippen LogP contribution in [0.5, 0.6) is 0 Å². The third-order valence-electron chi connectivity index (χ3n) is 5.58. The molecule has 3 heterocycles. The molecular formula is C23H24F3N3O2. The van der Waals surface area contributed by atoms with Crippen LogP contribution in [-0.4, -0.2) is 34.5 Å². The Morgan fingerprint density at radius 3 is 2.48 bits per heavy atom. The standard InChI is InChI=1S/C23H24F3N3O2/c1-14-3-5-16(6-4-14)12-19-21(23(24,25)26)28-20-13-17(11-15(2)29(19)20)22(30)27-18-7-9-31-10-8-18/h3-6,11,13,18H,7-10,12H2,1-2H3,(H,27,30). The topological polar surface area (TPSA) is 55.6 Å². The fraction of sp³-hybridized carbons (Fsp3) is 0.391. The highest BCUT2D eigenvalue weighted by atomic mass is 19.4. The Kier molecular flexibility index (Phi) is 5.75. The first kappa shape index (κ1) is 21.4. The number of carbonyl (C=O) groups excluding carboxylic acids is 1. The minimum Gasteiger partial charge on any atom is -0.381 e. The number of rotatable bonds is 4. The number of pyridine rings is 1. The SMILES string of the molecule is Cc1ccc(Cc2c(C(F)(F)F)nc3cc(C(=O)NC4CCOCC4)cc(C)n23)cc1. The average molecular weight is 431 g/mol. The molecular weight excluding hydrogens is 407 g/mol. The van der Waals surface area contributed by atoms with Gasteiger partial charge < -0.3 is 14.5 Å². The number of alkyl halides is 3. The molecule has 0 atom stereocenters. The number of halogens is 3. The second kappa shape index (κ2) is 8.34. The van der Waals surface area contributed by atoms with Crippen LogP contribution in [0, 0.1) is 13.8 Å². The number of hydrogen-bond donors (Lipinski definition) is 1. The highest BCUT2D eigenvalue weighted by Gasteiger charge is 2.38. The van der Waals surface area contributed by atoms with Gasteiger partial charge in [0.05, 0.1) is 5.69 Å². The van der Waals surface area contributed by atoms with Crippen LogP contribution < -0.4 is 5.32 Å². The van der Waals surface area contributed by atoms with E-state index in [1.54, 1.807) is 13.0 Å². The van der Waals surface area contributed by atoms with Gasteiger partial charge in [0.15, 0.2) is 5.69 Å². The maximum absolute atomic E-state index is 13.8. The number of imidazole rings is 1. The molecule has 1 N–H and O–H groups in total. The van der Waals surface area contributed by atoms with Gasteiger partial charge in [-0.25, -0.2) is 4.98 Å². The monoisotopic (exact) mass is 431 g/mol. The second-order valence-electron chi connectivity index (χ2n) is 8.01. The summed E-state index contributed by atoms with van der Waals surface area (Å²) in [5, 5.41) is 2.95. The van der Waals surface area contributed by atoms with Gasteiger partial charge in [0, 0.05) is 36.9 Å². The van der Waals surface area contributed by atoms with E-state index in [2.05, 4.69) is 10.3 Å². The zero-order chi connectivity index (χ0) is 22.2. The fourth-order valence-electron chi connectivity index (χ4n) is 3.96. The summed E-state index contributed by atoms with van der Waals surface area (Å²) in [5.74, 6) is -0.311. The summed E-state index contributed by atoms with van der Waals surface area (Å²) in [5.41, 5.74) is 1.90. The summed E-state index contributed by atoms with van der Waals surface area (Å²) < 4.78 is 48.1. The Labute approximate surface area is 178 Å². The highest BCUT2D eigenvalue weighted by Crippen LogP contribution is 2.34. The van der Waals surface area contributed by atoms with E-state index in [-0.39, 0.29) is 29.7 Å². The highest BCUT2D eigenvalue weighted by molar-refractivity contribution is 5.95. The number of benzene rings is 1. The summed E-state index contributed by atoms with van der Waals surface area (Å²) in [6.07, 6.45) is -3.07. The molecule has 0 bridgehead atoms. The zero-order valence-corrected chi connectivity index (χ0v) is 17.4. The van der Waals surface area contributed by atoms with Crippen molar-refractivity contribution in [3.63, 3.8) is 0 Å². The number of carbonyl (C=O) groups is 1. The lowest BCUT2D eigenvalue weighted by atomic mass is 10.1. The lowest BCUT2D eigenvalue weighted by molar-refractivity contribution is -0.141. The summed E-state index contributed by atoms with van der Waals surface area (Å²) in [6.45, 7) is 4.79. The molecule has 0 spiro atoms. The molecule has 1 amide bonds. The first-order valence-corrected chi connectivity index (χ1v) is 10.3. The van der Waals surface area contributed by atoms with Crippen LogP contribution in [0.25, 0.3) is 5.65 Å². The lowest BCUT2D eigenvalue weighted by Gasteiger charge is -2.23. The number of nitrogens with one attached hydrogen (secondary N) is 1. The number of aromatic nitrogens is 2. The van der Waals surface area contributed by atoms with E-state index in [4.69, 9.17) is 4.74 Å². The Balaban J connectivity index is 1.72. The number of aryl methyl sites for hydroxylation is 2. The van der Waals surface area contributed by atoms with E-state index >= 15 is 0 Å². The third kappa shape index (κ3) is 4.58. The number of amides is 1. The lowest BCUT2D eigenvalue weighted by Crippen LogP contribution is -2.38. The molecule has 2 aromatic heterocycles. The van der Waals surface area contributed by atoms with Crippen LogP contribution in [0.15, 0.2) is 36.4 Å². The molecule has 1 aliphatic rings. The number of nitrogens with zero attached hydrogens (tertiary/aromatic N) is 2. The maximum atomic E-state index is 13.8. The summed E-state index contributed by atoms with van der Waals surface area (Å²) in [4.78, 5) is 16.6. The second-order valence-corrected chi connectivity index (χ2v) is 8.01. The van der Waals surface area contributed by atoms with Crippen molar-refractivity contribution in [2.45, 2.75) is 45.3 Å². The molecule has 0 saturated carbocycles. The van der Waals surface area contributed by atoms with E-state index in [1.807, 2.05) is 31.2 Å². The van der Waals surface area contributed by atoms with Gasteiger partial charge >= 0.3 is 6.18 Å². The molecule has 31 heavy (non-hydrogen) atoms. The predicted molar refractivity (Wildman–Crippen MR) is 110 cm³/mol. The van der Waals surface area contributed by atoms with Crippen molar-refractivity contribution in [2.75, 3.05) is 13.2 Å². The molecule has 5 nitrogen and oxygen atoms in total. The van der Waals surface area contributed by atoms with Crippen molar-refractivity contribution in [3.8, 4) is 0 Å². The molecule has 0 aliphatic carbocycles. The Morgan fingerprint density at radius 1 is 1.16 bits per heavy atom. The van der Waals surface area contributed by atoms with Gasteiger partial charge in [-0.15, -0.1) is 0 Å². The van der Waals surface area contributed by atoms with Gasteiger partial charge in [0.1, 0.15) is 5.65 Å². The Morgan fingerprint density at radius 2 is 1.84 bits per heavy atom. The predicted octanol–water partition coefficient (Wildman–Crippen LogP) is 4.47. The molecule has 164 valence electrons. The van der Waals surface area contributed by atoms with E-state index in [0.717, 1.165) is 24.0 Å². The number of ether oxygens (including phenoxy) is 1. The Hall–Kier alpha value is -2.87. The molecule has 8 heteroatoms. The van der Waals surface area contributed by atoms with Crippen molar-refractivity contribution in [1.29, 1.82) is 0 Å². The van der Waals surface area contributed by atoms with Crippen LogP contribution in [0.1, 0.15) is 51.4 Å². The average Bonchev–Trinajstić information content (AvgIpc) is 3.10. The van der Waals surface area contributed by atoms with Gasteiger partial charge in [-0.2, -0.15) is 13.2 Å². The van der Waals surface area contributed by atoms with Gasteiger partial charge in [-0.05, 0) is 44.4 Å². The van der Waals surface area contributed by atoms with Gasteiger partial charge in [-0.1, -0.05) is 29.8 Å². The quantitative estimate of drug-likeness (QED) is 0.663. The molecule has 3 aromatic rings. The summed E-state index contributed by atoms with van der Waals surface area (Å²) >= 11 is 0. The molecule has 1 saturated heterocycles. The van der Waals surface area contributed by atoms with Gasteiger partial charge in [0.25, 0.3) is 5.91 Å². The van der Waals surface area contributed by atoms with Crippen molar-refractivity contribution < 1.29 is 22.7 Å². The minimum atomic E-state index is -4.59. The molecule has 1 aromatic carbocycles. The fourth-order valence-corrected chi connectivity index (χ4v) is 3.96. The van der Waals surface area contributed by atoms with Gasteiger partial charge in [-0.3, -0.25) is 4.79 Å². The van der Waals surface area contributed by atoms with Crippen molar-refractivity contribution in [3.05, 3.63) is 70.2 Å². The zero-order valence-electron chi connectivity index (χ0n) is 17.4. The maximum Gasteiger partial charge on any atom is 0.435 e. The number of fused-ring (bicyclic) bond motifs is 1. The first-order valence-electron chi connectivity index (χ1n) is 10.3. The van der Waals surface area contributed by atoms with E-state index in [1.165, 1.54) is 10.5 Å².